The van der Waals surface area contributed by atoms with E-state index in [2.05, 4.69) is 20.5 Å². The van der Waals surface area contributed by atoms with Gasteiger partial charge in [-0.05, 0) is 37.6 Å². The molecule has 2 N–H and O–H groups in total. The minimum absolute atomic E-state index is 0. The molecule has 1 fully saturated rings. The van der Waals surface area contributed by atoms with E-state index in [1.54, 1.807) is 6.07 Å². The van der Waals surface area contributed by atoms with Crippen LogP contribution in [0.4, 0.5) is 4.39 Å². The lowest BCUT2D eigenvalue weighted by Gasteiger charge is -2.26. The smallest absolute Gasteiger partial charge is 0.191 e. The number of morpholine rings is 1. The fourth-order valence-corrected chi connectivity index (χ4v) is 2.48. The van der Waals surface area contributed by atoms with Gasteiger partial charge in [0.15, 0.2) is 5.96 Å². The second-order valence-corrected chi connectivity index (χ2v) is 5.56. The Bertz CT molecular complexity index is 495. The van der Waals surface area contributed by atoms with E-state index in [-0.39, 0.29) is 29.8 Å². The van der Waals surface area contributed by atoms with Crippen molar-refractivity contribution in [3.8, 4) is 0 Å². The van der Waals surface area contributed by atoms with E-state index in [1.165, 1.54) is 12.1 Å². The van der Waals surface area contributed by atoms with Crippen molar-refractivity contribution < 1.29 is 9.13 Å². The van der Waals surface area contributed by atoms with Crippen molar-refractivity contribution in [3.63, 3.8) is 0 Å². The van der Waals surface area contributed by atoms with Crippen molar-refractivity contribution >= 4 is 29.9 Å². The summed E-state index contributed by atoms with van der Waals surface area (Å²) in [6.07, 6.45) is 1.06. The number of aliphatic imine (C=N–C) groups is 1. The number of rotatable bonds is 7. The van der Waals surface area contributed by atoms with Gasteiger partial charge in [0, 0.05) is 26.2 Å². The van der Waals surface area contributed by atoms with E-state index < -0.39 is 0 Å². The number of nitrogens with zero attached hydrogens (tertiary/aromatic N) is 2. The highest BCUT2D eigenvalue weighted by atomic mass is 127. The van der Waals surface area contributed by atoms with Crippen LogP contribution in [0.1, 0.15) is 18.9 Å². The van der Waals surface area contributed by atoms with Gasteiger partial charge in [0.2, 0.25) is 0 Å². The zero-order valence-corrected chi connectivity index (χ0v) is 16.6. The molecule has 0 radical (unpaired) electrons. The first-order chi connectivity index (χ1) is 11.3. The van der Waals surface area contributed by atoms with Gasteiger partial charge in [-0.1, -0.05) is 12.1 Å². The van der Waals surface area contributed by atoms with Crippen LogP contribution in [0.15, 0.2) is 29.3 Å². The Hall–Kier alpha value is -0.930. The second-order valence-electron chi connectivity index (χ2n) is 5.56. The molecule has 24 heavy (non-hydrogen) atoms. The molecule has 1 aromatic carbocycles. The average Bonchev–Trinajstić information content (AvgIpc) is 2.57. The zero-order valence-electron chi connectivity index (χ0n) is 14.3. The molecule has 7 heteroatoms. The van der Waals surface area contributed by atoms with Crippen LogP contribution in [-0.4, -0.2) is 56.8 Å². The Morgan fingerprint density at radius 1 is 1.29 bits per heavy atom. The average molecular weight is 450 g/mol. The number of guanidine groups is 1. The maximum Gasteiger partial charge on any atom is 0.191 e. The topological polar surface area (TPSA) is 48.9 Å². The summed E-state index contributed by atoms with van der Waals surface area (Å²) in [5.74, 6) is 0.555. The third kappa shape index (κ3) is 8.25. The lowest BCUT2D eigenvalue weighted by molar-refractivity contribution is 0.0376. The van der Waals surface area contributed by atoms with Crippen molar-refractivity contribution in [2.24, 2.45) is 4.99 Å². The van der Waals surface area contributed by atoms with Crippen LogP contribution in [0.2, 0.25) is 0 Å². The Balaban J connectivity index is 0.00000288. The molecular formula is C17H28FIN4O. The van der Waals surface area contributed by atoms with Crippen molar-refractivity contribution in [2.75, 3.05) is 45.9 Å². The predicted octanol–water partition coefficient (Wildman–Crippen LogP) is 2.22. The van der Waals surface area contributed by atoms with Gasteiger partial charge in [-0.25, -0.2) is 9.38 Å². The highest BCUT2D eigenvalue weighted by molar-refractivity contribution is 14.0. The summed E-state index contributed by atoms with van der Waals surface area (Å²) in [5.41, 5.74) is 0.871. The van der Waals surface area contributed by atoms with E-state index in [1.807, 2.05) is 13.0 Å². The summed E-state index contributed by atoms with van der Waals surface area (Å²) in [6.45, 7) is 8.96. The van der Waals surface area contributed by atoms with Crippen LogP contribution in [0.5, 0.6) is 0 Å². The van der Waals surface area contributed by atoms with Crippen LogP contribution in [0, 0.1) is 5.82 Å². The van der Waals surface area contributed by atoms with Crippen LogP contribution in [-0.2, 0) is 11.3 Å². The zero-order chi connectivity index (χ0) is 16.3. The number of benzene rings is 1. The second kappa shape index (κ2) is 12.4. The Kier molecular flexibility index (Phi) is 10.9. The molecule has 1 aromatic rings. The van der Waals surface area contributed by atoms with Crippen LogP contribution in [0.3, 0.4) is 0 Å². The minimum Gasteiger partial charge on any atom is -0.379 e. The maximum atomic E-state index is 13.2. The summed E-state index contributed by atoms with van der Waals surface area (Å²) in [7, 11) is 0. The first-order valence-electron chi connectivity index (χ1n) is 8.34. The minimum atomic E-state index is -0.221. The van der Waals surface area contributed by atoms with Gasteiger partial charge in [0.25, 0.3) is 0 Å². The summed E-state index contributed by atoms with van der Waals surface area (Å²) < 4.78 is 18.5. The maximum absolute atomic E-state index is 13.2. The first kappa shape index (κ1) is 21.1. The van der Waals surface area contributed by atoms with E-state index in [4.69, 9.17) is 4.74 Å². The fraction of sp³-hybridized carbons (Fsp3) is 0.588. The van der Waals surface area contributed by atoms with E-state index in [9.17, 15) is 4.39 Å². The van der Waals surface area contributed by atoms with E-state index in [0.29, 0.717) is 6.54 Å². The molecule has 0 aliphatic carbocycles. The molecule has 0 bridgehead atoms. The fourth-order valence-electron chi connectivity index (χ4n) is 2.48. The molecule has 1 saturated heterocycles. The van der Waals surface area contributed by atoms with E-state index >= 15 is 0 Å². The lowest BCUT2D eigenvalue weighted by Crippen LogP contribution is -2.40. The molecule has 0 amide bonds. The van der Waals surface area contributed by atoms with Crippen molar-refractivity contribution in [3.05, 3.63) is 35.6 Å². The summed E-state index contributed by atoms with van der Waals surface area (Å²) in [4.78, 5) is 6.92. The molecule has 0 aromatic heterocycles. The number of ether oxygens (including phenoxy) is 1. The molecule has 0 atom stereocenters. The van der Waals surface area contributed by atoms with Gasteiger partial charge in [-0.3, -0.25) is 4.90 Å². The normalized spacial score (nSPS) is 15.7. The Morgan fingerprint density at radius 2 is 2.08 bits per heavy atom. The molecule has 0 spiro atoms. The first-order valence-corrected chi connectivity index (χ1v) is 8.34. The third-order valence-electron chi connectivity index (χ3n) is 3.70. The highest BCUT2D eigenvalue weighted by Gasteiger charge is 2.09. The van der Waals surface area contributed by atoms with Crippen molar-refractivity contribution in [2.45, 2.75) is 19.9 Å². The van der Waals surface area contributed by atoms with Gasteiger partial charge < -0.3 is 15.4 Å². The van der Waals surface area contributed by atoms with Gasteiger partial charge in [0.1, 0.15) is 5.82 Å². The summed E-state index contributed by atoms with van der Waals surface area (Å²) >= 11 is 0. The number of halogens is 2. The standard InChI is InChI=1S/C17H27FN4O.HI/c1-2-19-17(21-14-15-5-3-6-16(18)13-15)20-7-4-8-22-9-11-23-12-10-22;/h3,5-6,13H,2,4,7-12,14H2,1H3,(H2,19,20,21);1H. The number of nitrogens with one attached hydrogen (secondary N) is 2. The molecule has 1 heterocycles. The van der Waals surface area contributed by atoms with E-state index in [0.717, 1.165) is 63.9 Å². The largest absolute Gasteiger partial charge is 0.379 e. The third-order valence-corrected chi connectivity index (χ3v) is 3.70. The quantitative estimate of drug-likeness (QED) is 0.290. The number of hydrogen-bond acceptors (Lipinski definition) is 3. The highest BCUT2D eigenvalue weighted by Crippen LogP contribution is 2.04. The van der Waals surface area contributed by atoms with Gasteiger partial charge in [-0.2, -0.15) is 0 Å². The predicted molar refractivity (Wildman–Crippen MR) is 107 cm³/mol. The van der Waals surface area contributed by atoms with Crippen molar-refractivity contribution in [1.82, 2.24) is 15.5 Å². The molecule has 1 aliphatic heterocycles. The Morgan fingerprint density at radius 3 is 2.79 bits per heavy atom. The molecule has 2 rings (SSSR count). The number of hydrogen-bond donors (Lipinski definition) is 2. The van der Waals surface area contributed by atoms with Gasteiger partial charge >= 0.3 is 0 Å². The Labute approximate surface area is 161 Å². The van der Waals surface area contributed by atoms with Gasteiger partial charge in [-0.15, -0.1) is 24.0 Å². The van der Waals surface area contributed by atoms with Crippen LogP contribution >= 0.6 is 24.0 Å². The monoisotopic (exact) mass is 450 g/mol. The van der Waals surface area contributed by atoms with Crippen LogP contribution < -0.4 is 10.6 Å². The molecule has 136 valence electrons. The molecule has 0 unspecified atom stereocenters. The van der Waals surface area contributed by atoms with Gasteiger partial charge in [0.05, 0.1) is 19.8 Å². The van der Waals surface area contributed by atoms with Crippen LogP contribution in [0.25, 0.3) is 0 Å². The molecule has 0 saturated carbocycles. The SMILES string of the molecule is CCNC(=NCc1cccc(F)c1)NCCCN1CCOCC1.I. The molecule has 5 nitrogen and oxygen atoms in total. The van der Waals surface area contributed by atoms with Crippen molar-refractivity contribution in [1.29, 1.82) is 0 Å². The summed E-state index contributed by atoms with van der Waals surface area (Å²) in [6, 6.07) is 6.56. The molecule has 1 aliphatic rings. The lowest BCUT2D eigenvalue weighted by atomic mass is 10.2. The summed E-state index contributed by atoms with van der Waals surface area (Å²) in [5, 5.41) is 6.55. The molecular weight excluding hydrogens is 422 g/mol.